The molecular formula is C13H28N2O2S. The van der Waals surface area contributed by atoms with Crippen LogP contribution in [-0.2, 0) is 9.84 Å². The summed E-state index contributed by atoms with van der Waals surface area (Å²) in [5.41, 5.74) is 0.0654. The van der Waals surface area contributed by atoms with Crippen LogP contribution in [-0.4, -0.2) is 57.0 Å². The lowest BCUT2D eigenvalue weighted by molar-refractivity contribution is 0.0860. The molecule has 1 aliphatic heterocycles. The summed E-state index contributed by atoms with van der Waals surface area (Å²) in [6, 6.07) is 0.232. The standard InChI is InChI=1S/C13H28N2O2S/c1-5-13(2,15-9-6-7-10-15)12(14-3)8-11-18(4,16)17/h12,14H,5-11H2,1-4H3. The Hall–Kier alpha value is -0.130. The van der Waals surface area contributed by atoms with Crippen molar-refractivity contribution in [1.82, 2.24) is 10.2 Å². The van der Waals surface area contributed by atoms with Gasteiger partial charge in [0.2, 0.25) is 0 Å². The fraction of sp³-hybridized carbons (Fsp3) is 1.00. The van der Waals surface area contributed by atoms with Crippen molar-refractivity contribution in [2.45, 2.75) is 51.1 Å². The average molecular weight is 276 g/mol. The third-order valence-electron chi connectivity index (χ3n) is 4.42. The van der Waals surface area contributed by atoms with Gasteiger partial charge in [0.05, 0.1) is 5.75 Å². The Balaban J connectivity index is 2.75. The van der Waals surface area contributed by atoms with E-state index in [9.17, 15) is 8.42 Å². The number of hydrogen-bond acceptors (Lipinski definition) is 4. The molecule has 0 aromatic heterocycles. The fourth-order valence-electron chi connectivity index (χ4n) is 3.02. The first kappa shape index (κ1) is 15.9. The van der Waals surface area contributed by atoms with E-state index in [1.54, 1.807) is 0 Å². The summed E-state index contributed by atoms with van der Waals surface area (Å²) in [5, 5.41) is 3.34. The van der Waals surface area contributed by atoms with E-state index in [0.29, 0.717) is 6.42 Å². The van der Waals surface area contributed by atoms with Gasteiger partial charge in [0.15, 0.2) is 0 Å². The molecule has 0 bridgehead atoms. The van der Waals surface area contributed by atoms with Crippen LogP contribution in [0.25, 0.3) is 0 Å². The number of hydrogen-bond donors (Lipinski definition) is 1. The van der Waals surface area contributed by atoms with E-state index in [1.165, 1.54) is 19.1 Å². The fourth-order valence-corrected chi connectivity index (χ4v) is 3.68. The lowest BCUT2D eigenvalue weighted by atomic mass is 9.86. The topological polar surface area (TPSA) is 49.4 Å². The van der Waals surface area contributed by atoms with Gasteiger partial charge in [-0.2, -0.15) is 0 Å². The first-order valence-electron chi connectivity index (χ1n) is 6.93. The van der Waals surface area contributed by atoms with Crippen LogP contribution >= 0.6 is 0 Å². The van der Waals surface area contributed by atoms with Gasteiger partial charge in [0.1, 0.15) is 9.84 Å². The number of rotatable bonds is 7. The molecule has 1 fully saturated rings. The van der Waals surface area contributed by atoms with Gasteiger partial charge in [-0.05, 0) is 52.7 Å². The highest BCUT2D eigenvalue weighted by atomic mass is 32.2. The van der Waals surface area contributed by atoms with Crippen LogP contribution in [0, 0.1) is 0 Å². The van der Waals surface area contributed by atoms with Crippen LogP contribution in [0.15, 0.2) is 0 Å². The zero-order chi connectivity index (χ0) is 13.8. The van der Waals surface area contributed by atoms with Gasteiger partial charge >= 0.3 is 0 Å². The Morgan fingerprint density at radius 2 is 1.89 bits per heavy atom. The van der Waals surface area contributed by atoms with Crippen molar-refractivity contribution in [2.75, 3.05) is 32.1 Å². The molecule has 4 nitrogen and oxygen atoms in total. The van der Waals surface area contributed by atoms with Crippen molar-refractivity contribution >= 4 is 9.84 Å². The van der Waals surface area contributed by atoms with E-state index in [1.807, 2.05) is 7.05 Å². The molecule has 1 heterocycles. The van der Waals surface area contributed by atoms with Gasteiger partial charge in [-0.1, -0.05) is 6.92 Å². The largest absolute Gasteiger partial charge is 0.315 e. The molecule has 0 amide bonds. The third-order valence-corrected chi connectivity index (χ3v) is 5.40. The summed E-state index contributed by atoms with van der Waals surface area (Å²) in [6.07, 6.45) is 5.58. The summed E-state index contributed by atoms with van der Waals surface area (Å²) in [5.74, 6) is 0.266. The van der Waals surface area contributed by atoms with Gasteiger partial charge < -0.3 is 5.32 Å². The first-order chi connectivity index (χ1) is 8.33. The maximum Gasteiger partial charge on any atom is 0.147 e. The molecule has 2 atom stereocenters. The molecule has 1 saturated heterocycles. The van der Waals surface area contributed by atoms with Crippen LogP contribution < -0.4 is 5.32 Å². The Kier molecular flexibility index (Phi) is 5.62. The molecule has 18 heavy (non-hydrogen) atoms. The van der Waals surface area contributed by atoms with Crippen molar-refractivity contribution in [3.63, 3.8) is 0 Å². The zero-order valence-electron chi connectivity index (χ0n) is 12.2. The Labute approximate surface area is 112 Å². The molecule has 0 aromatic carbocycles. The highest BCUT2D eigenvalue weighted by Gasteiger charge is 2.38. The molecule has 0 aliphatic carbocycles. The SMILES string of the molecule is CCC(C)(C(CCS(C)(=O)=O)NC)N1CCCC1. The molecule has 0 radical (unpaired) electrons. The maximum atomic E-state index is 11.3. The summed E-state index contributed by atoms with van der Waals surface area (Å²) in [6.45, 7) is 6.74. The van der Waals surface area contributed by atoms with Crippen molar-refractivity contribution < 1.29 is 8.42 Å². The van der Waals surface area contributed by atoms with Crippen molar-refractivity contribution in [1.29, 1.82) is 0 Å². The second-order valence-corrected chi connectivity index (χ2v) is 7.92. The summed E-state index contributed by atoms with van der Waals surface area (Å²) >= 11 is 0. The number of likely N-dealkylation sites (N-methyl/N-ethyl adjacent to an activating group) is 1. The Bertz CT molecular complexity index is 350. The smallest absolute Gasteiger partial charge is 0.147 e. The lowest BCUT2D eigenvalue weighted by Gasteiger charge is -2.44. The first-order valence-corrected chi connectivity index (χ1v) is 8.99. The van der Waals surface area contributed by atoms with E-state index in [2.05, 4.69) is 24.1 Å². The van der Waals surface area contributed by atoms with Crippen LogP contribution in [0.1, 0.15) is 39.5 Å². The third kappa shape index (κ3) is 3.93. The highest BCUT2D eigenvalue weighted by molar-refractivity contribution is 7.90. The van der Waals surface area contributed by atoms with Gasteiger partial charge in [0, 0.05) is 17.8 Å². The van der Waals surface area contributed by atoms with Crippen molar-refractivity contribution in [3.8, 4) is 0 Å². The monoisotopic (exact) mass is 276 g/mol. The predicted octanol–water partition coefficient (Wildman–Crippen LogP) is 1.27. The molecule has 2 unspecified atom stereocenters. The molecule has 0 saturated carbocycles. The molecule has 1 aliphatic rings. The molecule has 5 heteroatoms. The number of nitrogens with zero attached hydrogens (tertiary/aromatic N) is 1. The molecule has 108 valence electrons. The van der Waals surface area contributed by atoms with E-state index in [4.69, 9.17) is 0 Å². The maximum absolute atomic E-state index is 11.3. The van der Waals surface area contributed by atoms with E-state index >= 15 is 0 Å². The quantitative estimate of drug-likeness (QED) is 0.761. The van der Waals surface area contributed by atoms with Crippen LogP contribution in [0.5, 0.6) is 0 Å². The van der Waals surface area contributed by atoms with E-state index < -0.39 is 9.84 Å². The van der Waals surface area contributed by atoms with Gasteiger partial charge in [-0.25, -0.2) is 8.42 Å². The normalized spacial score (nSPS) is 22.9. The predicted molar refractivity (Wildman–Crippen MR) is 76.7 cm³/mol. The summed E-state index contributed by atoms with van der Waals surface area (Å²) in [7, 11) is -0.938. The second-order valence-electron chi connectivity index (χ2n) is 5.66. The zero-order valence-corrected chi connectivity index (χ0v) is 13.0. The summed E-state index contributed by atoms with van der Waals surface area (Å²) < 4.78 is 22.7. The van der Waals surface area contributed by atoms with E-state index in [-0.39, 0.29) is 17.3 Å². The van der Waals surface area contributed by atoms with Gasteiger partial charge in [-0.3, -0.25) is 4.90 Å². The molecule has 1 N–H and O–H groups in total. The van der Waals surface area contributed by atoms with Crippen molar-refractivity contribution in [3.05, 3.63) is 0 Å². The number of sulfone groups is 1. The lowest BCUT2D eigenvalue weighted by Crippen LogP contribution is -2.58. The van der Waals surface area contributed by atoms with Crippen LogP contribution in [0.4, 0.5) is 0 Å². The second kappa shape index (κ2) is 6.35. The van der Waals surface area contributed by atoms with Crippen molar-refractivity contribution in [2.24, 2.45) is 0 Å². The summed E-state index contributed by atoms with van der Waals surface area (Å²) in [4.78, 5) is 2.52. The molecular weight excluding hydrogens is 248 g/mol. The molecule has 0 spiro atoms. The molecule has 0 aromatic rings. The number of nitrogens with one attached hydrogen (secondary N) is 1. The Morgan fingerprint density at radius 1 is 1.33 bits per heavy atom. The highest BCUT2D eigenvalue weighted by Crippen LogP contribution is 2.29. The van der Waals surface area contributed by atoms with Gasteiger partial charge in [-0.15, -0.1) is 0 Å². The van der Waals surface area contributed by atoms with Crippen LogP contribution in [0.2, 0.25) is 0 Å². The Morgan fingerprint density at radius 3 is 2.28 bits per heavy atom. The minimum Gasteiger partial charge on any atom is -0.315 e. The average Bonchev–Trinajstić information content (AvgIpc) is 2.81. The van der Waals surface area contributed by atoms with Crippen LogP contribution in [0.3, 0.4) is 0 Å². The van der Waals surface area contributed by atoms with E-state index in [0.717, 1.165) is 19.5 Å². The number of likely N-dealkylation sites (tertiary alicyclic amines) is 1. The van der Waals surface area contributed by atoms with Gasteiger partial charge in [0.25, 0.3) is 0 Å². The minimum absolute atomic E-state index is 0.0654. The minimum atomic E-state index is -2.88. The molecule has 1 rings (SSSR count).